The normalized spacial score (nSPS) is 7.57. The molecule has 1 rings (SSSR count). The summed E-state index contributed by atoms with van der Waals surface area (Å²) >= 11 is 3.69. The first-order chi connectivity index (χ1) is 2.89. The molecular weight excluding hydrogens is 297 g/mol. The molecular formula is CHAuN4S. The largest absolute Gasteiger partial charge is 1.00 e. The van der Waals surface area contributed by atoms with Crippen LogP contribution in [0.4, 0.5) is 0 Å². The first-order valence-corrected chi connectivity index (χ1v) is 1.72. The Bertz CT molecular complexity index is 115. The summed E-state index contributed by atoms with van der Waals surface area (Å²) in [6.07, 6.45) is 0. The van der Waals surface area contributed by atoms with E-state index < -0.39 is 0 Å². The summed E-state index contributed by atoms with van der Waals surface area (Å²) in [4.78, 5) is 0. The van der Waals surface area contributed by atoms with Gasteiger partial charge in [-0.2, -0.15) is 0 Å². The predicted octanol–water partition coefficient (Wildman–Crippen LogP) is -0.728. The zero-order valence-corrected chi connectivity index (χ0v) is 6.10. The van der Waals surface area contributed by atoms with E-state index in [-0.39, 0.29) is 22.4 Å². The Morgan fingerprint density at radius 2 is 1.57 bits per heavy atom. The second-order valence-corrected chi connectivity index (χ2v) is 1.08. The summed E-state index contributed by atoms with van der Waals surface area (Å²) in [5, 5.41) is 13.2. The van der Waals surface area contributed by atoms with Gasteiger partial charge in [0.15, 0.2) is 0 Å². The Hall–Kier alpha value is 0.160. The number of aromatic nitrogens is 4. The van der Waals surface area contributed by atoms with Gasteiger partial charge in [-0.15, -0.1) is 0 Å². The Labute approximate surface area is 61.0 Å². The van der Waals surface area contributed by atoms with Gasteiger partial charge in [0.05, 0.1) is 0 Å². The molecule has 0 unspecified atom stereocenters. The maximum absolute atomic E-state index is 3.69. The molecule has 0 aliphatic rings. The molecule has 0 aliphatic heterocycles. The molecule has 0 spiro atoms. The van der Waals surface area contributed by atoms with E-state index in [1.807, 2.05) is 0 Å². The van der Waals surface area contributed by atoms with Crippen LogP contribution in [-0.4, -0.2) is 20.6 Å². The molecule has 0 radical (unpaired) electrons. The molecule has 1 aromatic heterocycles. The third-order valence-electron chi connectivity index (χ3n) is 0.308. The van der Waals surface area contributed by atoms with Crippen LogP contribution in [-0.2, 0) is 22.4 Å². The van der Waals surface area contributed by atoms with E-state index in [0.29, 0.717) is 5.16 Å². The number of hydrogen-bond acceptors (Lipinski definition) is 5. The van der Waals surface area contributed by atoms with Gasteiger partial charge in [-0.05, 0) is 0 Å². The monoisotopic (exact) mass is 298 g/mol. The zero-order valence-electron chi connectivity index (χ0n) is 3.04. The van der Waals surface area contributed by atoms with Crippen molar-refractivity contribution in [1.29, 1.82) is 0 Å². The molecule has 0 aliphatic carbocycles. The third kappa shape index (κ3) is 2.08. The van der Waals surface area contributed by atoms with Gasteiger partial charge >= 0.3 is 22.4 Å². The van der Waals surface area contributed by atoms with Crippen molar-refractivity contribution in [3.8, 4) is 0 Å². The third-order valence-corrected chi connectivity index (χ3v) is 0.487. The molecule has 42 valence electrons. The summed E-state index contributed by atoms with van der Waals surface area (Å²) in [5.41, 5.74) is 0. The molecule has 6 heteroatoms. The minimum absolute atomic E-state index is 0. The molecule has 0 saturated heterocycles. The fourth-order valence-corrected chi connectivity index (χ4v) is 0.220. The Balaban J connectivity index is 0.000000360. The van der Waals surface area contributed by atoms with Crippen LogP contribution in [0.5, 0.6) is 0 Å². The number of thiol groups is 1. The van der Waals surface area contributed by atoms with E-state index in [1.165, 1.54) is 0 Å². The van der Waals surface area contributed by atoms with Gasteiger partial charge < -0.3 is 0 Å². The smallest absolute Gasteiger partial charge is 0.300 e. The molecule has 0 N–H and O–H groups in total. The summed E-state index contributed by atoms with van der Waals surface area (Å²) in [6, 6.07) is 0. The molecule has 4 nitrogen and oxygen atoms in total. The van der Waals surface area contributed by atoms with Crippen molar-refractivity contribution < 1.29 is 22.4 Å². The van der Waals surface area contributed by atoms with Gasteiger partial charge in [0, 0.05) is 0 Å². The minimum atomic E-state index is 0. The van der Waals surface area contributed by atoms with Crippen LogP contribution in [0, 0.1) is 0 Å². The fraction of sp³-hybridized carbons (Fsp3) is 0. The van der Waals surface area contributed by atoms with Gasteiger partial charge in [-0.25, -0.2) is 0 Å². The number of tetrazole rings is 1. The molecule has 0 fully saturated rings. The van der Waals surface area contributed by atoms with Gasteiger partial charge in [-0.3, -0.25) is 22.8 Å². The number of rotatable bonds is 0. The first kappa shape index (κ1) is 7.16. The molecule has 0 amide bonds. The second kappa shape index (κ2) is 3.20. The van der Waals surface area contributed by atoms with Crippen molar-refractivity contribution in [3.05, 3.63) is 0 Å². The Kier molecular flexibility index (Phi) is 3.27. The van der Waals surface area contributed by atoms with Crippen LogP contribution in [0.2, 0.25) is 0 Å². The van der Waals surface area contributed by atoms with Crippen LogP contribution in [0.3, 0.4) is 0 Å². The standard InChI is InChI=1S/CHN4S.Au/c6-1-2-4-5-3-1;/h6H;/q-1;+1. The second-order valence-electron chi connectivity index (χ2n) is 0.679. The van der Waals surface area contributed by atoms with E-state index in [1.54, 1.807) is 0 Å². The quantitative estimate of drug-likeness (QED) is 0.390. The molecule has 1 aromatic rings. The molecule has 0 saturated carbocycles. The average Bonchev–Trinajstić information content (AvgIpc) is 1.86. The van der Waals surface area contributed by atoms with E-state index in [4.69, 9.17) is 0 Å². The molecule has 0 bridgehead atoms. The number of nitrogens with zero attached hydrogens (tertiary/aromatic N) is 4. The van der Waals surface area contributed by atoms with Gasteiger partial charge in [-0.1, -0.05) is 15.6 Å². The summed E-state index contributed by atoms with van der Waals surface area (Å²) in [7, 11) is 0. The van der Waals surface area contributed by atoms with Gasteiger partial charge in [0.2, 0.25) is 0 Å². The predicted molar refractivity (Wildman–Crippen MR) is 20.5 cm³/mol. The van der Waals surface area contributed by atoms with Gasteiger partial charge in [0.25, 0.3) is 0 Å². The molecule has 0 atom stereocenters. The van der Waals surface area contributed by atoms with Crippen molar-refractivity contribution in [3.63, 3.8) is 0 Å². The number of hydrogen-bond donors (Lipinski definition) is 1. The Morgan fingerprint density at radius 1 is 1.14 bits per heavy atom. The van der Waals surface area contributed by atoms with Gasteiger partial charge in [0.1, 0.15) is 0 Å². The maximum atomic E-state index is 3.69. The van der Waals surface area contributed by atoms with Crippen molar-refractivity contribution >= 4 is 12.6 Å². The van der Waals surface area contributed by atoms with Crippen molar-refractivity contribution in [1.82, 2.24) is 20.6 Å². The zero-order chi connectivity index (χ0) is 4.41. The first-order valence-electron chi connectivity index (χ1n) is 1.27. The molecule has 0 aromatic carbocycles. The van der Waals surface area contributed by atoms with E-state index in [0.717, 1.165) is 0 Å². The van der Waals surface area contributed by atoms with Crippen LogP contribution in [0.1, 0.15) is 0 Å². The summed E-state index contributed by atoms with van der Waals surface area (Å²) < 4.78 is 0. The topological polar surface area (TPSA) is 51.6 Å². The molecule has 7 heavy (non-hydrogen) atoms. The minimum Gasteiger partial charge on any atom is -0.300 e. The van der Waals surface area contributed by atoms with E-state index in [2.05, 4.69) is 33.3 Å². The van der Waals surface area contributed by atoms with Crippen molar-refractivity contribution in [2.45, 2.75) is 5.16 Å². The average molecular weight is 298 g/mol. The maximum Gasteiger partial charge on any atom is 1.00 e. The van der Waals surface area contributed by atoms with E-state index in [9.17, 15) is 0 Å². The summed E-state index contributed by atoms with van der Waals surface area (Å²) in [6.45, 7) is 0. The SMILES string of the molecule is S[c-]1nnnn1.[Au+]. The van der Waals surface area contributed by atoms with Crippen LogP contribution in [0.25, 0.3) is 0 Å². The van der Waals surface area contributed by atoms with Crippen molar-refractivity contribution in [2.75, 3.05) is 0 Å². The van der Waals surface area contributed by atoms with Crippen LogP contribution in [0.15, 0.2) is 5.16 Å². The fourth-order valence-electron chi connectivity index (χ4n) is 0.140. The van der Waals surface area contributed by atoms with Crippen molar-refractivity contribution in [2.24, 2.45) is 0 Å². The Morgan fingerprint density at radius 3 is 1.71 bits per heavy atom. The van der Waals surface area contributed by atoms with E-state index >= 15 is 0 Å². The van der Waals surface area contributed by atoms with Crippen LogP contribution < -0.4 is 0 Å². The van der Waals surface area contributed by atoms with Crippen LogP contribution >= 0.6 is 12.6 Å². The summed E-state index contributed by atoms with van der Waals surface area (Å²) in [5.74, 6) is 0. The molecule has 1 heterocycles.